The highest BCUT2D eigenvalue weighted by molar-refractivity contribution is 8.18. The maximum atomic E-state index is 12.6. The number of methoxy groups -OCH3 is 1. The molecule has 8 heteroatoms. The van der Waals surface area contributed by atoms with Crippen LogP contribution in [-0.4, -0.2) is 48.8 Å². The summed E-state index contributed by atoms with van der Waals surface area (Å²) < 4.78 is 10.8. The number of nitrogens with zero attached hydrogens (tertiary/aromatic N) is 1. The van der Waals surface area contributed by atoms with Crippen molar-refractivity contribution < 1.29 is 23.9 Å². The van der Waals surface area contributed by atoms with Crippen molar-refractivity contribution in [2.75, 3.05) is 26.8 Å². The third-order valence-electron chi connectivity index (χ3n) is 3.84. The summed E-state index contributed by atoms with van der Waals surface area (Å²) in [5.74, 6) is 0.492. The van der Waals surface area contributed by atoms with Crippen LogP contribution in [0.5, 0.6) is 11.5 Å². The summed E-state index contributed by atoms with van der Waals surface area (Å²) in [7, 11) is 1.54. The van der Waals surface area contributed by atoms with Gasteiger partial charge < -0.3 is 14.8 Å². The number of imide groups is 1. The number of benzene rings is 1. The molecule has 2 rings (SSSR count). The van der Waals surface area contributed by atoms with E-state index in [0.717, 1.165) is 22.2 Å². The van der Waals surface area contributed by atoms with Gasteiger partial charge in [-0.15, -0.1) is 0 Å². The fourth-order valence-corrected chi connectivity index (χ4v) is 3.36. The van der Waals surface area contributed by atoms with Crippen molar-refractivity contribution in [3.05, 3.63) is 53.0 Å². The zero-order chi connectivity index (χ0) is 21.2. The lowest BCUT2D eigenvalue weighted by atomic mass is 10.2. The molecule has 0 radical (unpaired) electrons. The van der Waals surface area contributed by atoms with Crippen molar-refractivity contribution in [3.63, 3.8) is 0 Å². The maximum Gasteiger partial charge on any atom is 0.293 e. The molecular formula is C21H24N2O5S. The molecule has 0 aromatic heterocycles. The number of carbonyl (C=O) groups excluding carboxylic acids is 3. The zero-order valence-corrected chi connectivity index (χ0v) is 17.5. The van der Waals surface area contributed by atoms with E-state index in [4.69, 9.17) is 9.47 Å². The molecule has 1 aliphatic heterocycles. The Kier molecular flexibility index (Phi) is 8.54. The molecule has 7 nitrogen and oxygen atoms in total. The van der Waals surface area contributed by atoms with Crippen LogP contribution in [0.4, 0.5) is 4.79 Å². The molecule has 0 spiro atoms. The van der Waals surface area contributed by atoms with E-state index in [-0.39, 0.29) is 30.1 Å². The van der Waals surface area contributed by atoms with Crippen molar-refractivity contribution in [2.24, 2.45) is 0 Å². The summed E-state index contributed by atoms with van der Waals surface area (Å²) in [6.07, 6.45) is 8.17. The van der Waals surface area contributed by atoms with E-state index in [0.29, 0.717) is 23.0 Å². The highest BCUT2D eigenvalue weighted by atomic mass is 32.2. The predicted octanol–water partition coefficient (Wildman–Crippen LogP) is 3.38. The first kappa shape index (κ1) is 22.3. The smallest absolute Gasteiger partial charge is 0.293 e. The molecule has 1 saturated heterocycles. The Hall–Kier alpha value is -3.00. The molecule has 0 saturated carbocycles. The van der Waals surface area contributed by atoms with Crippen LogP contribution in [0, 0.1) is 0 Å². The Morgan fingerprint density at radius 3 is 2.72 bits per heavy atom. The number of amides is 3. The fraction of sp³-hybridized carbons (Fsp3) is 0.286. The van der Waals surface area contributed by atoms with Crippen molar-refractivity contribution in [1.29, 1.82) is 0 Å². The molecule has 1 N–H and O–H groups in total. The lowest BCUT2D eigenvalue weighted by molar-refractivity contribution is -0.123. The summed E-state index contributed by atoms with van der Waals surface area (Å²) in [5, 5.41) is 2.28. The van der Waals surface area contributed by atoms with Gasteiger partial charge in [0, 0.05) is 19.2 Å². The van der Waals surface area contributed by atoms with E-state index >= 15 is 0 Å². The zero-order valence-electron chi connectivity index (χ0n) is 16.6. The van der Waals surface area contributed by atoms with Crippen molar-refractivity contribution >= 4 is 34.9 Å². The normalized spacial score (nSPS) is 15.7. The van der Waals surface area contributed by atoms with Gasteiger partial charge in [0.25, 0.3) is 11.1 Å². The predicted molar refractivity (Wildman–Crippen MR) is 114 cm³/mol. The molecule has 0 bridgehead atoms. The molecule has 29 heavy (non-hydrogen) atoms. The summed E-state index contributed by atoms with van der Waals surface area (Å²) in [5.41, 5.74) is 0.721. The second kappa shape index (κ2) is 11.1. The van der Waals surface area contributed by atoms with Gasteiger partial charge in [0.2, 0.25) is 5.91 Å². The van der Waals surface area contributed by atoms with Gasteiger partial charge in [-0.3, -0.25) is 19.3 Å². The van der Waals surface area contributed by atoms with Gasteiger partial charge in [0.05, 0.1) is 18.6 Å². The van der Waals surface area contributed by atoms with Gasteiger partial charge in [-0.1, -0.05) is 24.3 Å². The third-order valence-corrected chi connectivity index (χ3v) is 4.75. The van der Waals surface area contributed by atoms with Crippen LogP contribution >= 0.6 is 11.8 Å². The molecule has 1 aliphatic rings. The van der Waals surface area contributed by atoms with Gasteiger partial charge in [-0.05, 0) is 49.4 Å². The average Bonchev–Trinajstić information content (AvgIpc) is 2.96. The van der Waals surface area contributed by atoms with E-state index in [9.17, 15) is 14.4 Å². The van der Waals surface area contributed by atoms with Crippen LogP contribution < -0.4 is 14.8 Å². The van der Waals surface area contributed by atoms with Crippen LogP contribution in [-0.2, 0) is 9.59 Å². The number of hydrogen-bond donors (Lipinski definition) is 1. The fourth-order valence-electron chi connectivity index (χ4n) is 2.50. The standard InChI is InChI=1S/C21H24N2O5S/c1-4-6-7-8-19(24)22-11-12-23-20(25)18(29-21(23)26)14-15-9-10-16(28-5-2)17(13-15)27-3/h4,6-10,13-14H,5,11-12H2,1-3H3,(H,22,24)/b6-4+,8-7+,18-14+. The molecule has 1 fully saturated rings. The molecule has 1 aromatic carbocycles. The van der Waals surface area contributed by atoms with E-state index in [1.807, 2.05) is 13.8 Å². The van der Waals surface area contributed by atoms with Gasteiger partial charge in [-0.2, -0.15) is 0 Å². The SMILES string of the molecule is C/C=C/C=C/C(=O)NCCN1C(=O)S/C(=C/c2ccc(OCC)c(OC)c2)C1=O. The number of nitrogens with one attached hydrogen (secondary N) is 1. The molecule has 1 aromatic rings. The molecule has 154 valence electrons. The molecular weight excluding hydrogens is 392 g/mol. The molecule has 3 amide bonds. The van der Waals surface area contributed by atoms with Gasteiger partial charge in [0.1, 0.15) is 0 Å². The van der Waals surface area contributed by atoms with Crippen molar-refractivity contribution in [1.82, 2.24) is 10.2 Å². The van der Waals surface area contributed by atoms with Crippen molar-refractivity contribution in [3.8, 4) is 11.5 Å². The largest absolute Gasteiger partial charge is 0.493 e. The van der Waals surface area contributed by atoms with Gasteiger partial charge in [-0.25, -0.2) is 0 Å². The molecule has 0 unspecified atom stereocenters. The third kappa shape index (κ3) is 6.25. The van der Waals surface area contributed by atoms with Crippen LogP contribution in [0.15, 0.2) is 47.4 Å². The summed E-state index contributed by atoms with van der Waals surface area (Å²) in [4.78, 5) is 37.8. The lowest BCUT2D eigenvalue weighted by Gasteiger charge is -2.12. The topological polar surface area (TPSA) is 84.9 Å². The quantitative estimate of drug-likeness (QED) is 0.491. The highest BCUT2D eigenvalue weighted by Gasteiger charge is 2.34. The number of rotatable bonds is 9. The first-order valence-corrected chi connectivity index (χ1v) is 9.95. The van der Waals surface area contributed by atoms with Crippen LogP contribution in [0.25, 0.3) is 6.08 Å². The Labute approximate surface area is 174 Å². The Balaban J connectivity index is 2.01. The number of allylic oxidation sites excluding steroid dienone is 3. The summed E-state index contributed by atoms with van der Waals surface area (Å²) in [6.45, 7) is 4.53. The average molecular weight is 416 g/mol. The highest BCUT2D eigenvalue weighted by Crippen LogP contribution is 2.34. The van der Waals surface area contributed by atoms with E-state index in [1.54, 1.807) is 42.5 Å². The number of thioether (sulfide) groups is 1. The van der Waals surface area contributed by atoms with Gasteiger partial charge >= 0.3 is 0 Å². The Bertz CT molecular complexity index is 861. The van der Waals surface area contributed by atoms with Crippen LogP contribution in [0.2, 0.25) is 0 Å². The van der Waals surface area contributed by atoms with Crippen LogP contribution in [0.1, 0.15) is 19.4 Å². The molecule has 0 atom stereocenters. The number of hydrogen-bond acceptors (Lipinski definition) is 6. The number of carbonyl (C=O) groups is 3. The maximum absolute atomic E-state index is 12.6. The minimum absolute atomic E-state index is 0.109. The minimum Gasteiger partial charge on any atom is -0.493 e. The van der Waals surface area contributed by atoms with E-state index < -0.39 is 0 Å². The minimum atomic E-state index is -0.383. The monoisotopic (exact) mass is 416 g/mol. The lowest BCUT2D eigenvalue weighted by Crippen LogP contribution is -2.36. The Morgan fingerprint density at radius 1 is 1.24 bits per heavy atom. The van der Waals surface area contributed by atoms with E-state index in [1.165, 1.54) is 13.2 Å². The Morgan fingerprint density at radius 2 is 2.03 bits per heavy atom. The molecule has 1 heterocycles. The number of ether oxygens (including phenoxy) is 2. The molecule has 0 aliphatic carbocycles. The first-order chi connectivity index (χ1) is 14.0. The summed E-state index contributed by atoms with van der Waals surface area (Å²) >= 11 is 0.871. The van der Waals surface area contributed by atoms with Crippen molar-refractivity contribution in [2.45, 2.75) is 13.8 Å². The second-order valence-corrected chi connectivity index (χ2v) is 6.85. The second-order valence-electron chi connectivity index (χ2n) is 5.85. The van der Waals surface area contributed by atoms with Gasteiger partial charge in [0.15, 0.2) is 11.5 Å². The van der Waals surface area contributed by atoms with E-state index in [2.05, 4.69) is 5.32 Å². The summed E-state index contributed by atoms with van der Waals surface area (Å²) in [6, 6.07) is 5.30. The van der Waals surface area contributed by atoms with Crippen LogP contribution in [0.3, 0.4) is 0 Å². The first-order valence-electron chi connectivity index (χ1n) is 9.13.